The van der Waals surface area contributed by atoms with Gasteiger partial charge >= 0.3 is 0 Å². The van der Waals surface area contributed by atoms with Crippen LogP contribution in [0, 0.1) is 17.0 Å². The van der Waals surface area contributed by atoms with Crippen molar-refractivity contribution in [2.45, 2.75) is 6.92 Å². The molecule has 110 valence electrons. The Hall–Kier alpha value is -3.22. The van der Waals surface area contributed by atoms with Crippen LogP contribution in [0.5, 0.6) is 0 Å². The summed E-state index contributed by atoms with van der Waals surface area (Å²) in [6, 6.07) is 12.2. The average molecular weight is 295 g/mol. The van der Waals surface area contributed by atoms with E-state index in [0.717, 1.165) is 16.6 Å². The van der Waals surface area contributed by atoms with Crippen LogP contribution in [0.1, 0.15) is 11.1 Å². The van der Waals surface area contributed by atoms with E-state index in [-0.39, 0.29) is 5.69 Å². The molecule has 0 saturated carbocycles. The van der Waals surface area contributed by atoms with E-state index >= 15 is 0 Å². The smallest absolute Gasteiger partial charge is 0.278 e. The molecule has 0 bridgehead atoms. The van der Waals surface area contributed by atoms with E-state index in [9.17, 15) is 10.1 Å². The summed E-state index contributed by atoms with van der Waals surface area (Å²) in [5, 5.41) is 14.9. The van der Waals surface area contributed by atoms with Gasteiger partial charge in [-0.2, -0.15) is 5.10 Å². The summed E-state index contributed by atoms with van der Waals surface area (Å²) >= 11 is 0. The van der Waals surface area contributed by atoms with E-state index in [4.69, 9.17) is 0 Å². The summed E-state index contributed by atoms with van der Waals surface area (Å²) < 4.78 is 0. The molecule has 0 saturated heterocycles. The molecule has 7 nitrogen and oxygen atoms in total. The summed E-state index contributed by atoms with van der Waals surface area (Å²) in [5.74, 6) is 0.485. The standard InChI is InChI=1S/C15H13N5O2/c1-10-5-4-7-12-14(10)18-15(17-12)19-16-9-11-6-2-3-8-13(11)20(21)22/h2-9H,1H3,(H2,17,18,19)/b16-9+. The quantitative estimate of drug-likeness (QED) is 0.439. The maximum Gasteiger partial charge on any atom is 0.278 e. The van der Waals surface area contributed by atoms with Gasteiger partial charge in [0.2, 0.25) is 5.95 Å². The lowest BCUT2D eigenvalue weighted by molar-refractivity contribution is -0.385. The zero-order chi connectivity index (χ0) is 15.5. The molecule has 0 fully saturated rings. The molecule has 1 aromatic heterocycles. The van der Waals surface area contributed by atoms with E-state index in [1.165, 1.54) is 12.3 Å². The number of hydrazone groups is 1. The number of nitro groups is 1. The molecular weight excluding hydrogens is 282 g/mol. The molecular formula is C15H13N5O2. The summed E-state index contributed by atoms with van der Waals surface area (Å²) in [6.07, 6.45) is 1.40. The maximum absolute atomic E-state index is 10.9. The number of anilines is 1. The second-order valence-electron chi connectivity index (χ2n) is 4.74. The van der Waals surface area contributed by atoms with Crippen molar-refractivity contribution in [1.29, 1.82) is 0 Å². The number of imidazole rings is 1. The number of aryl methyl sites for hydroxylation is 1. The van der Waals surface area contributed by atoms with E-state index < -0.39 is 4.92 Å². The molecule has 0 atom stereocenters. The van der Waals surface area contributed by atoms with Crippen molar-refractivity contribution < 1.29 is 4.92 Å². The fourth-order valence-corrected chi connectivity index (χ4v) is 2.15. The van der Waals surface area contributed by atoms with Crippen LogP contribution in [0.4, 0.5) is 11.6 Å². The van der Waals surface area contributed by atoms with Crippen molar-refractivity contribution in [3.05, 3.63) is 63.7 Å². The van der Waals surface area contributed by atoms with Crippen LogP contribution in [-0.4, -0.2) is 21.1 Å². The Labute approximate surface area is 125 Å². The monoisotopic (exact) mass is 295 g/mol. The van der Waals surface area contributed by atoms with Crippen LogP contribution < -0.4 is 5.43 Å². The van der Waals surface area contributed by atoms with Gasteiger partial charge in [-0.1, -0.05) is 24.3 Å². The highest BCUT2D eigenvalue weighted by atomic mass is 16.6. The lowest BCUT2D eigenvalue weighted by Gasteiger charge is -1.96. The second-order valence-corrected chi connectivity index (χ2v) is 4.74. The van der Waals surface area contributed by atoms with Crippen LogP contribution >= 0.6 is 0 Å². The molecule has 0 amide bonds. The first-order valence-corrected chi connectivity index (χ1v) is 6.63. The van der Waals surface area contributed by atoms with Gasteiger partial charge in [0.1, 0.15) is 0 Å². The number of fused-ring (bicyclic) bond motifs is 1. The van der Waals surface area contributed by atoms with Gasteiger partial charge < -0.3 is 4.98 Å². The first-order valence-electron chi connectivity index (χ1n) is 6.63. The Bertz CT molecular complexity index is 869. The predicted octanol–water partition coefficient (Wildman–Crippen LogP) is 3.23. The van der Waals surface area contributed by atoms with Crippen LogP contribution in [0.2, 0.25) is 0 Å². The Morgan fingerprint density at radius 1 is 1.27 bits per heavy atom. The topological polar surface area (TPSA) is 96.2 Å². The molecule has 22 heavy (non-hydrogen) atoms. The molecule has 1 heterocycles. The van der Waals surface area contributed by atoms with Gasteiger partial charge in [-0.05, 0) is 24.6 Å². The molecule has 3 rings (SSSR count). The Kier molecular flexibility index (Phi) is 3.53. The predicted molar refractivity (Wildman–Crippen MR) is 85.1 cm³/mol. The number of nitrogens with one attached hydrogen (secondary N) is 2. The van der Waals surface area contributed by atoms with E-state index in [1.54, 1.807) is 18.2 Å². The molecule has 0 aliphatic rings. The van der Waals surface area contributed by atoms with E-state index in [1.807, 2.05) is 25.1 Å². The van der Waals surface area contributed by atoms with Gasteiger partial charge in [0.25, 0.3) is 5.69 Å². The van der Waals surface area contributed by atoms with Gasteiger partial charge in [0.15, 0.2) is 0 Å². The molecule has 0 aliphatic carbocycles. The number of H-pyrrole nitrogens is 1. The third-order valence-electron chi connectivity index (χ3n) is 3.22. The van der Waals surface area contributed by atoms with Gasteiger partial charge in [0.05, 0.1) is 27.7 Å². The molecule has 2 aromatic carbocycles. The minimum Gasteiger partial charge on any atom is -0.323 e. The summed E-state index contributed by atoms with van der Waals surface area (Å²) in [5.41, 5.74) is 6.02. The van der Waals surface area contributed by atoms with Crippen molar-refractivity contribution in [2.24, 2.45) is 5.10 Å². The normalized spacial score (nSPS) is 11.1. The van der Waals surface area contributed by atoms with Crippen molar-refractivity contribution in [2.75, 3.05) is 5.43 Å². The fraction of sp³-hybridized carbons (Fsp3) is 0.0667. The molecule has 7 heteroatoms. The molecule has 0 spiro atoms. The van der Waals surface area contributed by atoms with E-state index in [2.05, 4.69) is 20.5 Å². The van der Waals surface area contributed by atoms with Gasteiger partial charge in [0, 0.05) is 6.07 Å². The number of hydrogen-bond donors (Lipinski definition) is 2. The van der Waals surface area contributed by atoms with Crippen LogP contribution in [-0.2, 0) is 0 Å². The lowest BCUT2D eigenvalue weighted by Crippen LogP contribution is -1.96. The highest BCUT2D eigenvalue weighted by Crippen LogP contribution is 2.18. The number of benzene rings is 2. The van der Waals surface area contributed by atoms with Crippen molar-refractivity contribution >= 4 is 28.9 Å². The number of aromatic amines is 1. The van der Waals surface area contributed by atoms with Crippen LogP contribution in [0.3, 0.4) is 0 Å². The number of nitrogens with zero attached hydrogens (tertiary/aromatic N) is 3. The number of hydrogen-bond acceptors (Lipinski definition) is 5. The van der Waals surface area contributed by atoms with Gasteiger partial charge in [-0.15, -0.1) is 0 Å². The van der Waals surface area contributed by atoms with Crippen molar-refractivity contribution in [3.8, 4) is 0 Å². The number of rotatable bonds is 4. The van der Waals surface area contributed by atoms with Crippen molar-refractivity contribution in [3.63, 3.8) is 0 Å². The van der Waals surface area contributed by atoms with Crippen LogP contribution in [0.15, 0.2) is 47.6 Å². The summed E-state index contributed by atoms with van der Waals surface area (Å²) in [7, 11) is 0. The maximum atomic E-state index is 10.9. The minimum atomic E-state index is -0.439. The largest absolute Gasteiger partial charge is 0.323 e. The van der Waals surface area contributed by atoms with E-state index in [0.29, 0.717) is 11.5 Å². The average Bonchev–Trinajstić information content (AvgIpc) is 2.92. The first kappa shape index (κ1) is 13.7. The van der Waals surface area contributed by atoms with Gasteiger partial charge in [-0.25, -0.2) is 10.4 Å². The SMILES string of the molecule is Cc1cccc2[nH]c(N/N=C/c3ccccc3[N+](=O)[O-])nc12. The zero-order valence-corrected chi connectivity index (χ0v) is 11.8. The van der Waals surface area contributed by atoms with Crippen LogP contribution in [0.25, 0.3) is 11.0 Å². The third-order valence-corrected chi connectivity index (χ3v) is 3.22. The Balaban J connectivity index is 1.82. The lowest BCUT2D eigenvalue weighted by atomic mass is 10.2. The molecule has 2 N–H and O–H groups in total. The van der Waals surface area contributed by atoms with Gasteiger partial charge in [-0.3, -0.25) is 10.1 Å². The molecule has 0 radical (unpaired) electrons. The highest BCUT2D eigenvalue weighted by molar-refractivity contribution is 5.86. The summed E-state index contributed by atoms with van der Waals surface area (Å²) in [4.78, 5) is 18.0. The zero-order valence-electron chi connectivity index (χ0n) is 11.8. The number of nitro benzene ring substituents is 1. The Morgan fingerprint density at radius 2 is 2.09 bits per heavy atom. The number of para-hydroxylation sites is 2. The fourth-order valence-electron chi connectivity index (χ4n) is 2.15. The molecule has 0 unspecified atom stereocenters. The minimum absolute atomic E-state index is 0.00787. The summed E-state index contributed by atoms with van der Waals surface area (Å²) in [6.45, 7) is 1.98. The Morgan fingerprint density at radius 3 is 2.86 bits per heavy atom. The highest BCUT2D eigenvalue weighted by Gasteiger charge is 2.10. The molecule has 3 aromatic rings. The molecule has 0 aliphatic heterocycles. The third kappa shape index (κ3) is 2.64. The van der Waals surface area contributed by atoms with Crippen molar-refractivity contribution in [1.82, 2.24) is 9.97 Å². The number of aromatic nitrogens is 2. The second kappa shape index (κ2) is 5.65. The first-order chi connectivity index (χ1) is 10.6.